The van der Waals surface area contributed by atoms with Crippen molar-refractivity contribution in [1.82, 2.24) is 5.43 Å². The van der Waals surface area contributed by atoms with Gasteiger partial charge in [0.15, 0.2) is 0 Å². The number of allylic oxidation sites excluding steroid dienone is 3. The summed E-state index contributed by atoms with van der Waals surface area (Å²) in [4.78, 5) is 12.0. The molecular formula is C20H27N3O. The van der Waals surface area contributed by atoms with Crippen LogP contribution in [0.5, 0.6) is 0 Å². The van der Waals surface area contributed by atoms with E-state index in [0.29, 0.717) is 5.92 Å². The van der Waals surface area contributed by atoms with Gasteiger partial charge in [-0.3, -0.25) is 4.79 Å². The van der Waals surface area contributed by atoms with Gasteiger partial charge in [0.25, 0.3) is 5.91 Å². The van der Waals surface area contributed by atoms with Gasteiger partial charge in [0.05, 0.1) is 12.3 Å². The minimum absolute atomic E-state index is 0.146. The fraction of sp³-hybridized carbons (Fsp3) is 0.400. The summed E-state index contributed by atoms with van der Waals surface area (Å²) in [6.07, 6.45) is 4.01. The fourth-order valence-electron chi connectivity index (χ4n) is 2.78. The topological polar surface area (TPSA) is 53.5 Å². The van der Waals surface area contributed by atoms with E-state index in [1.54, 1.807) is 0 Å². The van der Waals surface area contributed by atoms with Crippen molar-refractivity contribution < 1.29 is 4.79 Å². The number of carbonyl (C=O) groups excluding carboxylic acids is 1. The van der Waals surface area contributed by atoms with Crippen LogP contribution < -0.4 is 10.7 Å². The molecular weight excluding hydrogens is 298 g/mol. The first-order valence-electron chi connectivity index (χ1n) is 8.36. The molecule has 0 aromatic heterocycles. The van der Waals surface area contributed by atoms with Gasteiger partial charge in [0, 0.05) is 5.69 Å². The van der Waals surface area contributed by atoms with E-state index < -0.39 is 0 Å². The maximum Gasteiger partial charge on any atom is 0.259 e. The van der Waals surface area contributed by atoms with Crippen molar-refractivity contribution in [1.29, 1.82) is 0 Å². The molecule has 0 radical (unpaired) electrons. The lowest BCUT2D eigenvalue weighted by molar-refractivity contribution is -0.119. The van der Waals surface area contributed by atoms with E-state index in [-0.39, 0.29) is 12.5 Å². The average molecular weight is 325 g/mol. The summed E-state index contributed by atoms with van der Waals surface area (Å²) in [5, 5.41) is 7.47. The number of benzene rings is 1. The first-order chi connectivity index (χ1) is 11.4. The van der Waals surface area contributed by atoms with E-state index in [1.165, 1.54) is 5.56 Å². The van der Waals surface area contributed by atoms with Crippen LogP contribution in [0.25, 0.3) is 0 Å². The van der Waals surface area contributed by atoms with Crippen LogP contribution in [0.15, 0.2) is 47.1 Å². The molecule has 0 saturated heterocycles. The number of carbonyl (C=O) groups is 1. The average Bonchev–Trinajstić information content (AvgIpc) is 2.53. The van der Waals surface area contributed by atoms with Crippen molar-refractivity contribution in [2.24, 2.45) is 11.0 Å². The normalized spacial score (nSPS) is 18.9. The van der Waals surface area contributed by atoms with Crippen LogP contribution in [-0.4, -0.2) is 18.2 Å². The number of hydrazone groups is 1. The van der Waals surface area contributed by atoms with Crippen LogP contribution in [-0.2, 0) is 4.79 Å². The first kappa shape index (κ1) is 18.0. The lowest BCUT2D eigenvalue weighted by Gasteiger charge is -2.22. The van der Waals surface area contributed by atoms with Crippen LogP contribution in [0.3, 0.4) is 0 Å². The van der Waals surface area contributed by atoms with E-state index in [4.69, 9.17) is 0 Å². The van der Waals surface area contributed by atoms with Gasteiger partial charge in [-0.15, -0.1) is 0 Å². The number of rotatable bonds is 5. The Morgan fingerprint density at radius 3 is 2.75 bits per heavy atom. The van der Waals surface area contributed by atoms with Crippen molar-refractivity contribution in [2.75, 3.05) is 11.9 Å². The minimum Gasteiger partial charge on any atom is -0.376 e. The van der Waals surface area contributed by atoms with Crippen LogP contribution in [0, 0.1) is 19.8 Å². The molecule has 1 atom stereocenters. The summed E-state index contributed by atoms with van der Waals surface area (Å²) >= 11 is 0. The van der Waals surface area contributed by atoms with E-state index in [9.17, 15) is 4.79 Å². The van der Waals surface area contributed by atoms with Gasteiger partial charge in [-0.1, -0.05) is 35.9 Å². The molecule has 1 aliphatic rings. The molecule has 1 aromatic rings. The largest absolute Gasteiger partial charge is 0.376 e. The molecule has 0 saturated carbocycles. The fourth-order valence-corrected chi connectivity index (χ4v) is 2.78. The molecule has 1 aromatic carbocycles. The lowest BCUT2D eigenvalue weighted by Crippen LogP contribution is -2.28. The number of hydrogen-bond donors (Lipinski definition) is 2. The Bertz CT molecular complexity index is 701. The third-order valence-corrected chi connectivity index (χ3v) is 4.44. The third-order valence-electron chi connectivity index (χ3n) is 4.44. The summed E-state index contributed by atoms with van der Waals surface area (Å²) in [5.41, 5.74) is 9.20. The van der Waals surface area contributed by atoms with Gasteiger partial charge in [-0.05, 0) is 63.7 Å². The quantitative estimate of drug-likeness (QED) is 0.632. The number of aryl methyl sites for hydroxylation is 2. The Balaban J connectivity index is 1.91. The maximum atomic E-state index is 12.0. The van der Waals surface area contributed by atoms with Crippen LogP contribution in [0.2, 0.25) is 0 Å². The molecule has 1 amide bonds. The maximum absolute atomic E-state index is 12.0. The zero-order valence-corrected chi connectivity index (χ0v) is 15.1. The van der Waals surface area contributed by atoms with Crippen LogP contribution >= 0.6 is 0 Å². The Kier molecular flexibility index (Phi) is 5.96. The number of anilines is 1. The predicted molar refractivity (Wildman–Crippen MR) is 101 cm³/mol. The summed E-state index contributed by atoms with van der Waals surface area (Å²) in [5.74, 6) is 0.269. The second kappa shape index (κ2) is 7.95. The van der Waals surface area contributed by atoms with Gasteiger partial charge in [0.2, 0.25) is 0 Å². The summed E-state index contributed by atoms with van der Waals surface area (Å²) in [7, 11) is 0. The number of hydrogen-bond acceptors (Lipinski definition) is 3. The van der Waals surface area contributed by atoms with Crippen molar-refractivity contribution in [3.63, 3.8) is 0 Å². The number of nitrogens with zero attached hydrogens (tertiary/aromatic N) is 1. The molecule has 1 aliphatic carbocycles. The van der Waals surface area contributed by atoms with Gasteiger partial charge in [-0.25, -0.2) is 5.43 Å². The Morgan fingerprint density at radius 1 is 1.33 bits per heavy atom. The van der Waals surface area contributed by atoms with Crippen LogP contribution in [0.4, 0.5) is 5.69 Å². The second-order valence-electron chi connectivity index (χ2n) is 6.64. The third kappa shape index (κ3) is 4.82. The highest BCUT2D eigenvalue weighted by molar-refractivity contribution is 6.01. The van der Waals surface area contributed by atoms with Crippen molar-refractivity contribution in [3.05, 3.63) is 53.1 Å². The zero-order chi connectivity index (χ0) is 17.7. The Morgan fingerprint density at radius 2 is 2.08 bits per heavy atom. The first-order valence-corrected chi connectivity index (χ1v) is 8.36. The van der Waals surface area contributed by atoms with Crippen molar-refractivity contribution in [2.45, 2.75) is 40.5 Å². The molecule has 24 heavy (non-hydrogen) atoms. The van der Waals surface area contributed by atoms with Gasteiger partial charge in [-0.2, -0.15) is 5.10 Å². The zero-order valence-electron chi connectivity index (χ0n) is 15.1. The molecule has 2 N–H and O–H groups in total. The van der Waals surface area contributed by atoms with Crippen molar-refractivity contribution in [3.8, 4) is 0 Å². The Labute approximate surface area is 144 Å². The van der Waals surface area contributed by atoms with E-state index in [1.807, 2.05) is 32.9 Å². The monoisotopic (exact) mass is 325 g/mol. The van der Waals surface area contributed by atoms with E-state index >= 15 is 0 Å². The summed E-state index contributed by atoms with van der Waals surface area (Å²) in [6.45, 7) is 12.4. The molecule has 4 heteroatoms. The summed E-state index contributed by atoms with van der Waals surface area (Å²) in [6, 6.07) is 6.12. The molecule has 0 aliphatic heterocycles. The second-order valence-corrected chi connectivity index (χ2v) is 6.64. The minimum atomic E-state index is -0.146. The smallest absolute Gasteiger partial charge is 0.259 e. The molecule has 2 rings (SSSR count). The number of nitrogens with one attached hydrogen (secondary N) is 2. The van der Waals surface area contributed by atoms with Crippen molar-refractivity contribution >= 4 is 17.3 Å². The highest BCUT2D eigenvalue weighted by atomic mass is 16.2. The van der Waals surface area contributed by atoms with Crippen LogP contribution in [0.1, 0.15) is 37.8 Å². The SMILES string of the molecule is C=C(C)C1CC=C(C)C(=NNC(=O)CNc2ccc(C)cc2C)C1. The standard InChI is InChI=1S/C20H27N3O/c1-13(2)17-8-7-15(4)19(11-17)22-23-20(24)12-21-18-9-6-14(3)10-16(18)5/h6-7,9-10,17,21H,1,8,11-12H2,2-5H3,(H,23,24). The number of amides is 1. The van der Waals surface area contributed by atoms with E-state index in [2.05, 4.69) is 41.5 Å². The molecule has 0 fully saturated rings. The molecule has 128 valence electrons. The van der Waals surface area contributed by atoms with Gasteiger partial charge >= 0.3 is 0 Å². The molecule has 0 spiro atoms. The lowest BCUT2D eigenvalue weighted by atomic mass is 9.85. The molecule has 1 unspecified atom stereocenters. The molecule has 0 bridgehead atoms. The van der Waals surface area contributed by atoms with Gasteiger partial charge in [0.1, 0.15) is 0 Å². The highest BCUT2D eigenvalue weighted by Gasteiger charge is 2.18. The molecule has 4 nitrogen and oxygen atoms in total. The van der Waals surface area contributed by atoms with E-state index in [0.717, 1.165) is 41.0 Å². The summed E-state index contributed by atoms with van der Waals surface area (Å²) < 4.78 is 0. The Hall–Kier alpha value is -2.36. The molecule has 0 heterocycles. The highest BCUT2D eigenvalue weighted by Crippen LogP contribution is 2.26. The van der Waals surface area contributed by atoms with Gasteiger partial charge < -0.3 is 5.32 Å². The predicted octanol–water partition coefficient (Wildman–Crippen LogP) is 4.12.